The van der Waals surface area contributed by atoms with E-state index < -0.39 is 66.7 Å². The lowest BCUT2D eigenvalue weighted by Gasteiger charge is -2.23. The van der Waals surface area contributed by atoms with Gasteiger partial charge in [-0.15, -0.1) is 0 Å². The van der Waals surface area contributed by atoms with Gasteiger partial charge in [-0.2, -0.15) is 0 Å². The molecule has 3 amide bonds. The van der Waals surface area contributed by atoms with Gasteiger partial charge in [-0.05, 0) is 17.9 Å². The molecule has 0 saturated heterocycles. The van der Waals surface area contributed by atoms with Gasteiger partial charge in [-0.3, -0.25) is 19.2 Å². The molecule has 4 atom stereocenters. The highest BCUT2D eigenvalue weighted by atomic mass is 16.4. The molecule has 0 aliphatic carbocycles. The number of rotatable bonds is 13. The molecule has 32 heavy (non-hydrogen) atoms. The first kappa shape index (κ1) is 26.6. The number of hydrogen-bond acceptors (Lipinski definition) is 6. The Labute approximate surface area is 185 Å². The van der Waals surface area contributed by atoms with Crippen molar-refractivity contribution in [2.24, 2.45) is 11.7 Å². The first-order valence-electron chi connectivity index (χ1n) is 10.2. The third-order valence-corrected chi connectivity index (χ3v) is 4.87. The third kappa shape index (κ3) is 9.13. The molecule has 0 radical (unpaired) electrons. The molecule has 11 heteroatoms. The minimum absolute atomic E-state index is 0.254. The topological polar surface area (TPSA) is 188 Å². The molecule has 1 rings (SSSR count). The predicted molar refractivity (Wildman–Crippen MR) is 114 cm³/mol. The number of hydrogen-bond donors (Lipinski definition) is 6. The molecular weight excluding hydrogens is 420 g/mol. The van der Waals surface area contributed by atoms with Gasteiger partial charge >= 0.3 is 11.9 Å². The van der Waals surface area contributed by atoms with Crippen molar-refractivity contribution >= 4 is 29.7 Å². The summed E-state index contributed by atoms with van der Waals surface area (Å²) in [5.74, 6) is -5.40. The molecule has 0 aromatic heterocycles. The normalized spacial score (nSPS) is 14.3. The Bertz CT molecular complexity index is 816. The molecule has 11 nitrogen and oxygen atoms in total. The van der Waals surface area contributed by atoms with Gasteiger partial charge in [-0.25, -0.2) is 4.79 Å². The molecule has 4 unspecified atom stereocenters. The van der Waals surface area contributed by atoms with Gasteiger partial charge in [0.05, 0.1) is 19.0 Å². The summed E-state index contributed by atoms with van der Waals surface area (Å²) >= 11 is 0. The lowest BCUT2D eigenvalue weighted by atomic mass is 9.98. The summed E-state index contributed by atoms with van der Waals surface area (Å²) in [7, 11) is 0. The van der Waals surface area contributed by atoms with Gasteiger partial charge in [0.1, 0.15) is 12.1 Å². The van der Waals surface area contributed by atoms with Gasteiger partial charge in [0, 0.05) is 0 Å². The first-order valence-corrected chi connectivity index (χ1v) is 10.2. The molecule has 0 aliphatic heterocycles. The van der Waals surface area contributed by atoms with E-state index in [0.29, 0.717) is 6.42 Å². The van der Waals surface area contributed by atoms with Crippen molar-refractivity contribution in [3.8, 4) is 0 Å². The van der Waals surface area contributed by atoms with Crippen molar-refractivity contribution in [1.82, 2.24) is 16.0 Å². The third-order valence-electron chi connectivity index (χ3n) is 4.87. The minimum atomic E-state index is -1.51. The number of amides is 3. The van der Waals surface area contributed by atoms with E-state index in [1.807, 2.05) is 6.07 Å². The SMILES string of the molecule is CCC(C)C(NC(=O)C(CC(=O)O)NC(=O)CNC(=O)C(N)Cc1ccccc1)C(=O)O. The largest absolute Gasteiger partial charge is 0.481 e. The highest BCUT2D eigenvalue weighted by molar-refractivity contribution is 5.94. The van der Waals surface area contributed by atoms with E-state index in [2.05, 4.69) is 16.0 Å². The molecule has 1 aromatic rings. The molecular formula is C21H30N4O7. The van der Waals surface area contributed by atoms with Crippen LogP contribution in [0.15, 0.2) is 30.3 Å². The van der Waals surface area contributed by atoms with Crippen molar-refractivity contribution in [3.05, 3.63) is 35.9 Å². The van der Waals surface area contributed by atoms with Gasteiger partial charge in [0.2, 0.25) is 17.7 Å². The van der Waals surface area contributed by atoms with Crippen LogP contribution in [0.2, 0.25) is 0 Å². The number of carbonyl (C=O) groups excluding carboxylic acids is 3. The number of carboxylic acid groups (broad SMARTS) is 2. The fourth-order valence-electron chi connectivity index (χ4n) is 2.83. The summed E-state index contributed by atoms with van der Waals surface area (Å²) in [4.78, 5) is 59.2. The Morgan fingerprint density at radius 3 is 2.16 bits per heavy atom. The zero-order valence-electron chi connectivity index (χ0n) is 18.0. The van der Waals surface area contributed by atoms with Crippen molar-refractivity contribution in [2.75, 3.05) is 6.54 Å². The van der Waals surface area contributed by atoms with Crippen LogP contribution in [0, 0.1) is 5.92 Å². The Morgan fingerprint density at radius 1 is 1.00 bits per heavy atom. The van der Waals surface area contributed by atoms with Crippen molar-refractivity contribution in [2.45, 2.75) is 51.2 Å². The second kappa shape index (κ2) is 13.1. The maximum atomic E-state index is 12.4. The van der Waals surface area contributed by atoms with Gasteiger partial charge in [0.15, 0.2) is 0 Å². The number of benzene rings is 1. The van der Waals surface area contributed by atoms with E-state index in [4.69, 9.17) is 10.8 Å². The lowest BCUT2D eigenvalue weighted by molar-refractivity contribution is -0.144. The van der Waals surface area contributed by atoms with Crippen molar-refractivity contribution in [3.63, 3.8) is 0 Å². The molecule has 0 heterocycles. The van der Waals surface area contributed by atoms with Crippen LogP contribution in [0.3, 0.4) is 0 Å². The van der Waals surface area contributed by atoms with Crippen LogP contribution in [-0.2, 0) is 30.4 Å². The quantitative estimate of drug-likeness (QED) is 0.226. The first-order chi connectivity index (χ1) is 15.0. The fraction of sp³-hybridized carbons (Fsp3) is 0.476. The van der Waals surface area contributed by atoms with E-state index >= 15 is 0 Å². The van der Waals surface area contributed by atoms with Crippen LogP contribution in [0.4, 0.5) is 0 Å². The second-order valence-corrected chi connectivity index (χ2v) is 7.44. The summed E-state index contributed by atoms with van der Waals surface area (Å²) in [5, 5.41) is 25.2. The van der Waals surface area contributed by atoms with Crippen LogP contribution >= 0.6 is 0 Å². The van der Waals surface area contributed by atoms with Crippen LogP contribution in [0.25, 0.3) is 0 Å². The van der Waals surface area contributed by atoms with Crippen molar-refractivity contribution < 1.29 is 34.2 Å². The van der Waals surface area contributed by atoms with Crippen LogP contribution in [0.5, 0.6) is 0 Å². The molecule has 0 fully saturated rings. The number of nitrogens with one attached hydrogen (secondary N) is 3. The van der Waals surface area contributed by atoms with E-state index in [9.17, 15) is 29.1 Å². The highest BCUT2D eigenvalue weighted by Gasteiger charge is 2.30. The number of carbonyl (C=O) groups is 5. The van der Waals surface area contributed by atoms with Crippen LogP contribution in [-0.4, -0.2) is 64.5 Å². The summed E-state index contributed by atoms with van der Waals surface area (Å²) in [5.41, 5.74) is 6.67. The van der Waals surface area contributed by atoms with E-state index in [1.165, 1.54) is 0 Å². The predicted octanol–water partition coefficient (Wildman–Crippen LogP) is -0.752. The van der Waals surface area contributed by atoms with Crippen LogP contribution < -0.4 is 21.7 Å². The molecule has 0 spiro atoms. The average Bonchev–Trinajstić information content (AvgIpc) is 2.74. The summed E-state index contributed by atoms with van der Waals surface area (Å²) in [6.45, 7) is 2.84. The standard InChI is InChI=1S/C21H30N4O7/c1-3-12(2)18(21(31)32)25-20(30)15(10-17(27)28)24-16(26)11-23-19(29)14(22)9-13-7-5-4-6-8-13/h4-8,12,14-15,18H,3,9-11,22H2,1-2H3,(H,23,29)(H,24,26)(H,25,30)(H,27,28)(H,31,32). The Hall–Kier alpha value is -3.47. The molecule has 176 valence electrons. The minimum Gasteiger partial charge on any atom is -0.481 e. The molecule has 0 saturated carbocycles. The number of aliphatic carboxylic acids is 2. The van der Waals surface area contributed by atoms with Gasteiger partial charge in [0.25, 0.3) is 0 Å². The van der Waals surface area contributed by atoms with Crippen LogP contribution in [0.1, 0.15) is 32.3 Å². The number of nitrogens with two attached hydrogens (primary N) is 1. The zero-order chi connectivity index (χ0) is 24.3. The molecule has 0 bridgehead atoms. The molecule has 0 aliphatic rings. The highest BCUT2D eigenvalue weighted by Crippen LogP contribution is 2.09. The van der Waals surface area contributed by atoms with Gasteiger partial charge < -0.3 is 31.9 Å². The van der Waals surface area contributed by atoms with E-state index in [0.717, 1.165) is 5.56 Å². The fourth-order valence-corrected chi connectivity index (χ4v) is 2.83. The zero-order valence-corrected chi connectivity index (χ0v) is 18.0. The van der Waals surface area contributed by atoms with E-state index in [1.54, 1.807) is 38.1 Å². The average molecular weight is 450 g/mol. The summed E-state index contributed by atoms with van der Waals surface area (Å²) in [6.07, 6.45) is -0.0428. The second-order valence-electron chi connectivity index (χ2n) is 7.44. The Kier molecular flexibility index (Phi) is 10.8. The molecule has 7 N–H and O–H groups in total. The maximum absolute atomic E-state index is 12.4. The van der Waals surface area contributed by atoms with E-state index in [-0.39, 0.29) is 6.42 Å². The Balaban J connectivity index is 2.67. The maximum Gasteiger partial charge on any atom is 0.326 e. The summed E-state index contributed by atoms with van der Waals surface area (Å²) in [6, 6.07) is 5.38. The monoisotopic (exact) mass is 450 g/mol. The smallest absolute Gasteiger partial charge is 0.326 e. The van der Waals surface area contributed by atoms with Gasteiger partial charge in [-0.1, -0.05) is 50.6 Å². The molecule has 1 aromatic carbocycles. The Morgan fingerprint density at radius 2 is 1.62 bits per heavy atom. The van der Waals surface area contributed by atoms with Crippen molar-refractivity contribution in [1.29, 1.82) is 0 Å². The lowest BCUT2D eigenvalue weighted by Crippen LogP contribution is -2.55. The summed E-state index contributed by atoms with van der Waals surface area (Å²) < 4.78 is 0. The number of carboxylic acids is 2.